The normalized spacial score (nSPS) is 12.2. The van der Waals surface area contributed by atoms with Gasteiger partial charge in [0, 0.05) is 18.7 Å². The minimum absolute atomic E-state index is 0.0525. The Balaban J connectivity index is 2.36. The lowest BCUT2D eigenvalue weighted by Crippen LogP contribution is -2.51. The second kappa shape index (κ2) is 13.5. The van der Waals surface area contributed by atoms with Gasteiger partial charge in [0.05, 0.1) is 0 Å². The van der Waals surface area contributed by atoms with Crippen LogP contribution in [0.4, 0.5) is 15.3 Å². The molecular formula is C20H28N4O8. The van der Waals surface area contributed by atoms with E-state index in [-0.39, 0.29) is 19.4 Å². The summed E-state index contributed by atoms with van der Waals surface area (Å²) in [4.78, 5) is 56.8. The molecule has 1 aromatic carbocycles. The first kappa shape index (κ1) is 26.2. The molecule has 0 heterocycles. The number of carbonyl (C=O) groups is 5. The number of carboxylic acid groups (broad SMARTS) is 3. The van der Waals surface area contributed by atoms with E-state index in [1.165, 1.54) is 0 Å². The van der Waals surface area contributed by atoms with Gasteiger partial charge in [-0.1, -0.05) is 17.7 Å². The molecule has 176 valence electrons. The number of benzene rings is 1. The molecule has 32 heavy (non-hydrogen) atoms. The topological polar surface area (TPSA) is 194 Å². The molecule has 2 atom stereocenters. The van der Waals surface area contributed by atoms with E-state index < -0.39 is 48.5 Å². The highest BCUT2D eigenvalue weighted by Crippen LogP contribution is 2.08. The first-order valence-corrected chi connectivity index (χ1v) is 9.94. The Kier molecular flexibility index (Phi) is 11.0. The predicted molar refractivity (Wildman–Crippen MR) is 113 cm³/mol. The van der Waals surface area contributed by atoms with Crippen molar-refractivity contribution >= 4 is 35.7 Å². The summed E-state index contributed by atoms with van der Waals surface area (Å²) in [6, 6.07) is 3.08. The largest absolute Gasteiger partial charge is 0.481 e. The van der Waals surface area contributed by atoms with Gasteiger partial charge in [-0.25, -0.2) is 19.2 Å². The number of anilines is 1. The molecule has 7 N–H and O–H groups in total. The molecule has 0 aliphatic heterocycles. The molecule has 0 saturated carbocycles. The third kappa shape index (κ3) is 10.8. The number of rotatable bonds is 13. The third-order valence-electron chi connectivity index (χ3n) is 4.37. The highest BCUT2D eigenvalue weighted by atomic mass is 16.4. The van der Waals surface area contributed by atoms with Crippen molar-refractivity contribution in [3.05, 3.63) is 29.8 Å². The van der Waals surface area contributed by atoms with Crippen LogP contribution in [-0.2, 0) is 14.4 Å². The number of hydrogen-bond donors (Lipinski definition) is 7. The minimum Gasteiger partial charge on any atom is -0.481 e. The standard InChI is InChI=1S/C20H28N4O8/c1-12-5-7-13(8-6-12)22-19(31)21-11-3-2-4-14(17(27)28)23-20(32)24-15(18(29)30)9-10-16(25)26/h5-8,14-15H,2-4,9-11H2,1H3,(H,25,26)(H,27,28)(H,29,30)(H2,21,22,31)(H2,23,24,32). The molecule has 0 saturated heterocycles. The molecule has 0 spiro atoms. The van der Waals surface area contributed by atoms with E-state index in [0.717, 1.165) is 5.56 Å². The Labute approximate surface area is 184 Å². The summed E-state index contributed by atoms with van der Waals surface area (Å²) in [6.45, 7) is 2.21. The van der Waals surface area contributed by atoms with Crippen LogP contribution < -0.4 is 21.3 Å². The van der Waals surface area contributed by atoms with Crippen molar-refractivity contribution < 1.29 is 39.3 Å². The maximum atomic E-state index is 11.9. The van der Waals surface area contributed by atoms with Crippen molar-refractivity contribution in [3.8, 4) is 0 Å². The smallest absolute Gasteiger partial charge is 0.326 e. The number of unbranched alkanes of at least 4 members (excludes halogenated alkanes) is 1. The first-order valence-electron chi connectivity index (χ1n) is 9.94. The molecule has 4 amide bonds. The lowest BCUT2D eigenvalue weighted by Gasteiger charge is -2.18. The number of aliphatic carboxylic acids is 3. The van der Waals surface area contributed by atoms with Crippen molar-refractivity contribution in [1.29, 1.82) is 0 Å². The van der Waals surface area contributed by atoms with E-state index in [2.05, 4.69) is 21.3 Å². The number of amides is 4. The lowest BCUT2D eigenvalue weighted by molar-refractivity contribution is -0.140. The zero-order valence-corrected chi connectivity index (χ0v) is 17.6. The highest BCUT2D eigenvalue weighted by Gasteiger charge is 2.24. The second-order valence-corrected chi connectivity index (χ2v) is 7.07. The second-order valence-electron chi connectivity index (χ2n) is 7.07. The zero-order valence-electron chi connectivity index (χ0n) is 17.6. The van der Waals surface area contributed by atoms with Crippen molar-refractivity contribution in [2.45, 2.75) is 51.1 Å². The molecule has 0 bridgehead atoms. The number of urea groups is 2. The number of carboxylic acids is 3. The Bertz CT molecular complexity index is 812. The van der Waals surface area contributed by atoms with Crippen LogP contribution >= 0.6 is 0 Å². The van der Waals surface area contributed by atoms with Gasteiger partial charge >= 0.3 is 30.0 Å². The van der Waals surface area contributed by atoms with Crippen molar-refractivity contribution in [2.75, 3.05) is 11.9 Å². The van der Waals surface area contributed by atoms with Crippen LogP contribution in [0, 0.1) is 6.92 Å². The van der Waals surface area contributed by atoms with Crippen LogP contribution in [0.25, 0.3) is 0 Å². The summed E-state index contributed by atoms with van der Waals surface area (Å²) >= 11 is 0. The molecular weight excluding hydrogens is 424 g/mol. The molecule has 12 heteroatoms. The van der Waals surface area contributed by atoms with Crippen LogP contribution in [0.3, 0.4) is 0 Å². The van der Waals surface area contributed by atoms with Crippen LogP contribution in [-0.4, -0.2) is 63.9 Å². The van der Waals surface area contributed by atoms with E-state index in [0.29, 0.717) is 18.5 Å². The molecule has 0 aliphatic carbocycles. The number of hydrogen-bond acceptors (Lipinski definition) is 5. The van der Waals surface area contributed by atoms with Gasteiger partial charge < -0.3 is 36.6 Å². The fourth-order valence-corrected chi connectivity index (χ4v) is 2.63. The quantitative estimate of drug-likeness (QED) is 0.218. The zero-order chi connectivity index (χ0) is 24.1. The van der Waals surface area contributed by atoms with Crippen LogP contribution in [0.2, 0.25) is 0 Å². The Morgan fingerprint density at radius 2 is 1.38 bits per heavy atom. The Morgan fingerprint density at radius 1 is 0.812 bits per heavy atom. The molecule has 1 aromatic rings. The summed E-state index contributed by atoms with van der Waals surface area (Å²) < 4.78 is 0. The molecule has 2 unspecified atom stereocenters. The van der Waals surface area contributed by atoms with Gasteiger partial charge in [-0.05, 0) is 44.7 Å². The third-order valence-corrected chi connectivity index (χ3v) is 4.37. The molecule has 0 radical (unpaired) electrons. The van der Waals surface area contributed by atoms with Crippen LogP contribution in [0.1, 0.15) is 37.7 Å². The van der Waals surface area contributed by atoms with Crippen molar-refractivity contribution in [2.24, 2.45) is 0 Å². The molecule has 1 rings (SSSR count). The average Bonchev–Trinajstić information content (AvgIpc) is 2.71. The fourth-order valence-electron chi connectivity index (χ4n) is 2.63. The first-order chi connectivity index (χ1) is 15.1. The molecule has 0 fully saturated rings. The minimum atomic E-state index is -1.46. The average molecular weight is 452 g/mol. The molecule has 0 aliphatic rings. The lowest BCUT2D eigenvalue weighted by atomic mass is 10.1. The van der Waals surface area contributed by atoms with E-state index in [1.54, 1.807) is 12.1 Å². The highest BCUT2D eigenvalue weighted by molar-refractivity contribution is 5.89. The van der Waals surface area contributed by atoms with Crippen molar-refractivity contribution in [3.63, 3.8) is 0 Å². The monoisotopic (exact) mass is 452 g/mol. The number of aryl methyl sites for hydroxylation is 1. The summed E-state index contributed by atoms with van der Waals surface area (Å²) in [5.74, 6) is -3.95. The molecule has 12 nitrogen and oxygen atoms in total. The summed E-state index contributed by atoms with van der Waals surface area (Å²) in [5, 5.41) is 36.4. The van der Waals surface area contributed by atoms with E-state index >= 15 is 0 Å². The van der Waals surface area contributed by atoms with Gasteiger partial charge in [0.2, 0.25) is 0 Å². The summed E-state index contributed by atoms with van der Waals surface area (Å²) in [5.41, 5.74) is 1.70. The van der Waals surface area contributed by atoms with Crippen LogP contribution in [0.5, 0.6) is 0 Å². The van der Waals surface area contributed by atoms with Crippen LogP contribution in [0.15, 0.2) is 24.3 Å². The number of nitrogens with one attached hydrogen (secondary N) is 4. The van der Waals surface area contributed by atoms with Gasteiger partial charge in [-0.2, -0.15) is 0 Å². The fraction of sp³-hybridized carbons (Fsp3) is 0.450. The predicted octanol–water partition coefficient (Wildman–Crippen LogP) is 1.36. The maximum absolute atomic E-state index is 11.9. The number of carbonyl (C=O) groups excluding carboxylic acids is 2. The molecule has 0 aromatic heterocycles. The van der Waals surface area contributed by atoms with E-state index in [4.69, 9.17) is 10.2 Å². The SMILES string of the molecule is Cc1ccc(NC(=O)NCCCCC(NC(=O)NC(CCC(=O)O)C(=O)O)C(=O)O)cc1. The van der Waals surface area contributed by atoms with Gasteiger partial charge in [-0.3, -0.25) is 4.79 Å². The van der Waals surface area contributed by atoms with Crippen molar-refractivity contribution in [1.82, 2.24) is 16.0 Å². The van der Waals surface area contributed by atoms with E-state index in [1.807, 2.05) is 19.1 Å². The Hall–Kier alpha value is -3.83. The Morgan fingerprint density at radius 3 is 1.91 bits per heavy atom. The van der Waals surface area contributed by atoms with E-state index in [9.17, 15) is 29.1 Å². The van der Waals surface area contributed by atoms with Gasteiger partial charge in [0.1, 0.15) is 12.1 Å². The summed E-state index contributed by atoms with van der Waals surface area (Å²) in [7, 11) is 0. The van der Waals surface area contributed by atoms with Gasteiger partial charge in [0.15, 0.2) is 0 Å². The van der Waals surface area contributed by atoms with Gasteiger partial charge in [-0.15, -0.1) is 0 Å². The maximum Gasteiger partial charge on any atom is 0.326 e. The summed E-state index contributed by atoms with van der Waals surface area (Å²) in [6.07, 6.45) is 0.0569. The van der Waals surface area contributed by atoms with Gasteiger partial charge in [0.25, 0.3) is 0 Å².